The fraction of sp³-hybridized carbons (Fsp3) is 0.533. The largest absolute Gasteiger partial charge is 0.481 e. The molecular weight excluding hydrogens is 288 g/mol. The van der Waals surface area contributed by atoms with Crippen molar-refractivity contribution >= 4 is 11.9 Å². The lowest BCUT2D eigenvalue weighted by atomic mass is 9.74. The molecule has 0 aliphatic carbocycles. The summed E-state index contributed by atoms with van der Waals surface area (Å²) in [5.74, 6) is -1.52. The molecule has 0 spiro atoms. The average Bonchev–Trinajstić information content (AvgIpc) is 2.90. The van der Waals surface area contributed by atoms with Gasteiger partial charge in [0.2, 0.25) is 0 Å². The van der Waals surface area contributed by atoms with Crippen molar-refractivity contribution in [3.05, 3.63) is 34.2 Å². The van der Waals surface area contributed by atoms with Crippen molar-refractivity contribution in [2.75, 3.05) is 26.3 Å². The molecule has 1 aromatic heterocycles. The van der Waals surface area contributed by atoms with Gasteiger partial charge in [-0.25, -0.2) is 0 Å². The molecule has 0 aromatic carbocycles. The molecule has 22 heavy (non-hydrogen) atoms. The molecule has 2 aliphatic rings. The number of carbonyl (C=O) groups excluding carboxylic acids is 1. The van der Waals surface area contributed by atoms with Gasteiger partial charge in [0.1, 0.15) is 5.56 Å². The lowest BCUT2D eigenvalue weighted by molar-refractivity contribution is -0.157. The van der Waals surface area contributed by atoms with Gasteiger partial charge >= 0.3 is 5.97 Å². The smallest absolute Gasteiger partial charge is 0.311 e. The van der Waals surface area contributed by atoms with Crippen molar-refractivity contribution in [3.8, 4) is 0 Å². The van der Waals surface area contributed by atoms with Crippen LogP contribution in [0.15, 0.2) is 23.1 Å². The van der Waals surface area contributed by atoms with Crippen molar-refractivity contribution in [1.29, 1.82) is 0 Å². The van der Waals surface area contributed by atoms with Crippen molar-refractivity contribution < 1.29 is 19.4 Å². The summed E-state index contributed by atoms with van der Waals surface area (Å²) in [5.41, 5.74) is -1.25. The second-order valence-electron chi connectivity index (χ2n) is 6.01. The quantitative estimate of drug-likeness (QED) is 0.827. The maximum Gasteiger partial charge on any atom is 0.311 e. The van der Waals surface area contributed by atoms with Crippen LogP contribution >= 0.6 is 0 Å². The number of carboxylic acids is 1. The minimum absolute atomic E-state index is 0.0742. The lowest BCUT2D eigenvalue weighted by Gasteiger charge is -2.33. The predicted molar refractivity (Wildman–Crippen MR) is 76.6 cm³/mol. The van der Waals surface area contributed by atoms with E-state index in [0.29, 0.717) is 26.2 Å². The number of hydrogen-bond donors (Lipinski definition) is 1. The van der Waals surface area contributed by atoms with Gasteiger partial charge in [-0.05, 0) is 18.6 Å². The molecule has 1 amide bonds. The van der Waals surface area contributed by atoms with Crippen LogP contribution in [-0.4, -0.2) is 52.8 Å². The van der Waals surface area contributed by atoms with E-state index in [-0.39, 0.29) is 23.6 Å². The van der Waals surface area contributed by atoms with Crippen LogP contribution in [-0.2, 0) is 16.6 Å². The molecule has 0 radical (unpaired) electrons. The Hall–Kier alpha value is -2.15. The van der Waals surface area contributed by atoms with Gasteiger partial charge in [-0.1, -0.05) is 0 Å². The molecule has 2 saturated heterocycles. The topological polar surface area (TPSA) is 88.8 Å². The van der Waals surface area contributed by atoms with Gasteiger partial charge in [-0.2, -0.15) is 0 Å². The molecule has 118 valence electrons. The van der Waals surface area contributed by atoms with E-state index in [1.165, 1.54) is 15.5 Å². The first-order valence-electron chi connectivity index (χ1n) is 7.22. The van der Waals surface area contributed by atoms with Gasteiger partial charge in [0.25, 0.3) is 11.5 Å². The van der Waals surface area contributed by atoms with Crippen LogP contribution in [0.3, 0.4) is 0 Å². The number of aliphatic carboxylic acids is 1. The Morgan fingerprint density at radius 1 is 1.45 bits per heavy atom. The maximum absolute atomic E-state index is 12.6. The molecule has 3 rings (SSSR count). The number of likely N-dealkylation sites (tertiary alicyclic amines) is 1. The number of fused-ring (bicyclic) bond motifs is 1. The Morgan fingerprint density at radius 2 is 2.23 bits per heavy atom. The van der Waals surface area contributed by atoms with E-state index < -0.39 is 17.3 Å². The number of aryl methyl sites for hydroxylation is 1. The minimum Gasteiger partial charge on any atom is -0.481 e. The van der Waals surface area contributed by atoms with Crippen molar-refractivity contribution in [2.45, 2.75) is 6.42 Å². The van der Waals surface area contributed by atoms with Gasteiger partial charge in [-0.15, -0.1) is 0 Å². The van der Waals surface area contributed by atoms with Gasteiger partial charge in [0, 0.05) is 38.9 Å². The number of aromatic nitrogens is 1. The van der Waals surface area contributed by atoms with E-state index in [0.717, 1.165) is 0 Å². The molecule has 2 fully saturated rings. The Bertz CT molecular complexity index is 683. The first-order valence-corrected chi connectivity index (χ1v) is 7.22. The predicted octanol–water partition coefficient (Wildman–Crippen LogP) is -0.0514. The summed E-state index contributed by atoms with van der Waals surface area (Å²) in [6.45, 7) is 1.16. The fourth-order valence-electron chi connectivity index (χ4n) is 3.38. The molecule has 1 N–H and O–H groups in total. The monoisotopic (exact) mass is 306 g/mol. The zero-order chi connectivity index (χ0) is 15.9. The van der Waals surface area contributed by atoms with Crippen molar-refractivity contribution in [2.24, 2.45) is 18.4 Å². The number of rotatable bonds is 2. The molecule has 7 heteroatoms. The Kier molecular flexibility index (Phi) is 3.52. The first kappa shape index (κ1) is 14.8. The van der Waals surface area contributed by atoms with Crippen LogP contribution in [0.25, 0.3) is 0 Å². The standard InChI is InChI=1S/C15H18N2O5/c1-16-5-2-3-11(12(16)18)13(19)17-7-10-8-22-6-4-15(10,9-17)14(20)21/h2-3,5,10H,4,6-9H2,1H3,(H,20,21)/t10-,15+/m0/s1. The molecular formula is C15H18N2O5. The zero-order valence-corrected chi connectivity index (χ0v) is 12.3. The summed E-state index contributed by atoms with van der Waals surface area (Å²) in [5, 5.41) is 9.61. The number of ether oxygens (including phenoxy) is 1. The second-order valence-corrected chi connectivity index (χ2v) is 6.01. The molecule has 2 atom stereocenters. The van der Waals surface area contributed by atoms with E-state index in [4.69, 9.17) is 4.74 Å². The number of hydrogen-bond acceptors (Lipinski definition) is 4. The third-order valence-electron chi connectivity index (χ3n) is 4.77. The molecule has 0 bridgehead atoms. The molecule has 0 saturated carbocycles. The fourth-order valence-corrected chi connectivity index (χ4v) is 3.38. The van der Waals surface area contributed by atoms with Gasteiger partial charge in [-0.3, -0.25) is 14.4 Å². The summed E-state index contributed by atoms with van der Waals surface area (Å²) < 4.78 is 6.71. The van der Waals surface area contributed by atoms with Gasteiger partial charge in [0.05, 0.1) is 12.0 Å². The van der Waals surface area contributed by atoms with Gasteiger partial charge in [0.15, 0.2) is 0 Å². The van der Waals surface area contributed by atoms with E-state index >= 15 is 0 Å². The highest BCUT2D eigenvalue weighted by molar-refractivity contribution is 5.94. The van der Waals surface area contributed by atoms with Crippen LogP contribution in [0.5, 0.6) is 0 Å². The van der Waals surface area contributed by atoms with Crippen LogP contribution in [0.2, 0.25) is 0 Å². The summed E-state index contributed by atoms with van der Waals surface area (Å²) >= 11 is 0. The highest BCUT2D eigenvalue weighted by Gasteiger charge is 2.55. The van der Waals surface area contributed by atoms with Crippen molar-refractivity contribution in [3.63, 3.8) is 0 Å². The number of carbonyl (C=O) groups is 2. The number of pyridine rings is 1. The van der Waals surface area contributed by atoms with Crippen LogP contribution < -0.4 is 5.56 Å². The molecule has 7 nitrogen and oxygen atoms in total. The highest BCUT2D eigenvalue weighted by Crippen LogP contribution is 2.42. The van der Waals surface area contributed by atoms with Crippen LogP contribution in [0.1, 0.15) is 16.8 Å². The summed E-state index contributed by atoms with van der Waals surface area (Å²) in [4.78, 5) is 37.9. The Labute approximate surface area is 127 Å². The van der Waals surface area contributed by atoms with Crippen LogP contribution in [0, 0.1) is 11.3 Å². The highest BCUT2D eigenvalue weighted by atomic mass is 16.5. The third kappa shape index (κ3) is 2.12. The molecule has 2 aliphatic heterocycles. The van der Waals surface area contributed by atoms with E-state index in [1.807, 2.05) is 0 Å². The Balaban J connectivity index is 1.91. The average molecular weight is 306 g/mol. The first-order chi connectivity index (χ1) is 10.5. The molecule has 3 heterocycles. The number of carboxylic acid groups (broad SMARTS) is 1. The second kappa shape index (κ2) is 5.24. The maximum atomic E-state index is 12.6. The summed E-state index contributed by atoms with van der Waals surface area (Å²) in [6, 6.07) is 3.12. The minimum atomic E-state index is -0.950. The van der Waals surface area contributed by atoms with E-state index in [1.54, 1.807) is 19.3 Å². The summed E-state index contributed by atoms with van der Waals surface area (Å²) in [6.07, 6.45) is 1.97. The normalized spacial score (nSPS) is 27.5. The zero-order valence-electron chi connectivity index (χ0n) is 12.3. The summed E-state index contributed by atoms with van der Waals surface area (Å²) in [7, 11) is 1.58. The number of nitrogens with zero attached hydrogens (tertiary/aromatic N) is 2. The lowest BCUT2D eigenvalue weighted by Crippen LogP contribution is -2.45. The van der Waals surface area contributed by atoms with E-state index in [2.05, 4.69) is 0 Å². The van der Waals surface area contributed by atoms with E-state index in [9.17, 15) is 19.5 Å². The van der Waals surface area contributed by atoms with Crippen molar-refractivity contribution in [1.82, 2.24) is 9.47 Å². The third-order valence-corrected chi connectivity index (χ3v) is 4.77. The molecule has 0 unspecified atom stereocenters. The SMILES string of the molecule is Cn1cccc(C(=O)N2C[C@H]3COCC[C@@]3(C(=O)O)C2)c1=O. The van der Waals surface area contributed by atoms with Gasteiger partial charge < -0.3 is 19.3 Å². The molecule has 1 aromatic rings. The number of amides is 1. The van der Waals surface area contributed by atoms with Crippen LogP contribution in [0.4, 0.5) is 0 Å². The Morgan fingerprint density at radius 3 is 2.91 bits per heavy atom.